The second kappa shape index (κ2) is 5.20. The minimum absolute atomic E-state index is 0.225. The predicted molar refractivity (Wildman–Crippen MR) is 77.0 cm³/mol. The van der Waals surface area contributed by atoms with E-state index < -0.39 is 5.97 Å². The Balaban J connectivity index is 1.97. The van der Waals surface area contributed by atoms with Crippen molar-refractivity contribution in [3.8, 4) is 0 Å². The minimum Gasteiger partial charge on any atom is -0.475 e. The number of aryl methyl sites for hydroxylation is 1. The lowest BCUT2D eigenvalue weighted by atomic mass is 10.2. The Hall–Kier alpha value is -2.96. The van der Waals surface area contributed by atoms with E-state index in [1.54, 1.807) is 10.7 Å². The van der Waals surface area contributed by atoms with Gasteiger partial charge in [-0.15, -0.1) is 0 Å². The monoisotopic (exact) mass is 283 g/mol. The molecule has 2 aromatic heterocycles. The fourth-order valence-corrected chi connectivity index (χ4v) is 2.04. The highest BCUT2D eigenvalue weighted by molar-refractivity contribution is 5.93. The van der Waals surface area contributed by atoms with Crippen LogP contribution >= 0.6 is 0 Å². The topological polar surface area (TPSA) is 92.9 Å². The van der Waals surface area contributed by atoms with Crippen LogP contribution in [0.1, 0.15) is 16.3 Å². The van der Waals surface area contributed by atoms with Crippen molar-refractivity contribution >= 4 is 22.7 Å². The normalized spacial score (nSPS) is 10.7. The molecule has 0 amide bonds. The highest BCUT2D eigenvalue weighted by atomic mass is 16.4. The van der Waals surface area contributed by atoms with Gasteiger partial charge in [-0.05, 0) is 18.2 Å². The van der Waals surface area contributed by atoms with Crippen molar-refractivity contribution < 1.29 is 9.90 Å². The van der Waals surface area contributed by atoms with Gasteiger partial charge in [-0.1, -0.05) is 12.1 Å². The molecule has 3 rings (SSSR count). The molecule has 0 saturated heterocycles. The number of para-hydroxylation sites is 1. The Morgan fingerprint density at radius 1 is 1.29 bits per heavy atom. The molecule has 7 nitrogen and oxygen atoms in total. The maximum Gasteiger partial charge on any atom is 0.374 e. The van der Waals surface area contributed by atoms with E-state index in [2.05, 4.69) is 20.4 Å². The van der Waals surface area contributed by atoms with Crippen molar-refractivity contribution in [2.75, 3.05) is 5.32 Å². The summed E-state index contributed by atoms with van der Waals surface area (Å²) in [5.74, 6) is -0.887. The van der Waals surface area contributed by atoms with Gasteiger partial charge in [-0.25, -0.2) is 14.8 Å². The second-order valence-electron chi connectivity index (χ2n) is 4.55. The van der Waals surface area contributed by atoms with E-state index in [0.717, 1.165) is 11.1 Å². The lowest BCUT2D eigenvalue weighted by molar-refractivity contribution is 0.0684. The third-order valence-corrected chi connectivity index (χ3v) is 3.00. The van der Waals surface area contributed by atoms with Crippen LogP contribution in [-0.2, 0) is 13.6 Å². The number of hydrogen-bond acceptors (Lipinski definition) is 5. The summed E-state index contributed by atoms with van der Waals surface area (Å²) in [4.78, 5) is 19.2. The van der Waals surface area contributed by atoms with Crippen molar-refractivity contribution in [3.63, 3.8) is 0 Å². The van der Waals surface area contributed by atoms with Crippen LogP contribution in [0.5, 0.6) is 0 Å². The van der Waals surface area contributed by atoms with Gasteiger partial charge in [-0.2, -0.15) is 5.10 Å². The van der Waals surface area contributed by atoms with Gasteiger partial charge in [0.25, 0.3) is 0 Å². The number of carboxylic acids is 1. The first kappa shape index (κ1) is 13.0. The minimum atomic E-state index is -1.15. The summed E-state index contributed by atoms with van der Waals surface area (Å²) in [5.41, 5.74) is 1.44. The zero-order valence-electron chi connectivity index (χ0n) is 11.3. The molecule has 0 fully saturated rings. The van der Waals surface area contributed by atoms with Crippen molar-refractivity contribution in [2.45, 2.75) is 6.54 Å². The Labute approximate surface area is 120 Å². The summed E-state index contributed by atoms with van der Waals surface area (Å²) in [6.45, 7) is 0.459. The molecule has 2 N–H and O–H groups in total. The lowest BCUT2D eigenvalue weighted by Gasteiger charge is -2.08. The van der Waals surface area contributed by atoms with E-state index in [1.807, 2.05) is 37.5 Å². The van der Waals surface area contributed by atoms with E-state index in [0.29, 0.717) is 17.9 Å². The van der Waals surface area contributed by atoms with Gasteiger partial charge in [-0.3, -0.25) is 4.68 Å². The van der Waals surface area contributed by atoms with Crippen LogP contribution in [0.25, 0.3) is 10.9 Å². The van der Waals surface area contributed by atoms with E-state index in [-0.39, 0.29) is 5.82 Å². The van der Waals surface area contributed by atoms with Crippen LogP contribution < -0.4 is 5.32 Å². The Kier molecular flexibility index (Phi) is 3.23. The fraction of sp³-hybridized carbons (Fsp3) is 0.143. The number of aromatic carboxylic acids is 1. The maximum atomic E-state index is 11.1. The van der Waals surface area contributed by atoms with Crippen LogP contribution in [0, 0.1) is 0 Å². The molecule has 106 valence electrons. The zero-order valence-corrected chi connectivity index (χ0v) is 11.3. The summed E-state index contributed by atoms with van der Waals surface area (Å²) in [5, 5.41) is 17.2. The van der Waals surface area contributed by atoms with E-state index in [4.69, 9.17) is 5.11 Å². The van der Waals surface area contributed by atoms with Gasteiger partial charge in [0.1, 0.15) is 5.82 Å². The summed E-state index contributed by atoms with van der Waals surface area (Å²) < 4.78 is 1.71. The van der Waals surface area contributed by atoms with Crippen molar-refractivity contribution in [1.29, 1.82) is 0 Å². The molecule has 0 radical (unpaired) electrons. The summed E-state index contributed by atoms with van der Waals surface area (Å²) in [6, 6.07) is 9.16. The van der Waals surface area contributed by atoms with Gasteiger partial charge in [0, 0.05) is 18.6 Å². The molecule has 0 spiro atoms. The predicted octanol–water partition coefficient (Wildman–Crippen LogP) is 1.67. The number of carboxylic acid groups (broad SMARTS) is 1. The smallest absolute Gasteiger partial charge is 0.374 e. The number of hydrogen-bond donors (Lipinski definition) is 2. The van der Waals surface area contributed by atoms with Crippen LogP contribution in [0.3, 0.4) is 0 Å². The number of rotatable bonds is 4. The molecule has 0 aliphatic rings. The molecule has 0 bridgehead atoms. The molecule has 21 heavy (non-hydrogen) atoms. The lowest BCUT2D eigenvalue weighted by Crippen LogP contribution is -2.09. The van der Waals surface area contributed by atoms with Gasteiger partial charge in [0.05, 0.1) is 17.8 Å². The molecule has 0 unspecified atom stereocenters. The van der Waals surface area contributed by atoms with Crippen molar-refractivity contribution in [1.82, 2.24) is 19.7 Å². The average Bonchev–Trinajstić information content (AvgIpc) is 2.90. The molecular formula is C14H13N5O2. The van der Waals surface area contributed by atoms with Crippen LogP contribution in [0.15, 0.2) is 36.5 Å². The molecule has 0 aliphatic carbocycles. The van der Waals surface area contributed by atoms with Crippen LogP contribution in [0.4, 0.5) is 5.82 Å². The fourth-order valence-electron chi connectivity index (χ4n) is 2.04. The number of nitrogens with zero attached hydrogens (tertiary/aromatic N) is 4. The first-order valence-electron chi connectivity index (χ1n) is 6.36. The van der Waals surface area contributed by atoms with Gasteiger partial charge >= 0.3 is 5.97 Å². The third kappa shape index (κ3) is 2.66. The van der Waals surface area contributed by atoms with E-state index >= 15 is 0 Å². The molecule has 0 saturated carbocycles. The Bertz CT molecular complexity index is 812. The molecule has 2 heterocycles. The summed E-state index contributed by atoms with van der Waals surface area (Å²) in [7, 11) is 1.84. The van der Waals surface area contributed by atoms with Crippen LogP contribution in [-0.4, -0.2) is 30.8 Å². The number of benzene rings is 1. The molecule has 3 aromatic rings. The van der Waals surface area contributed by atoms with Crippen molar-refractivity contribution in [3.05, 3.63) is 48.0 Å². The molecular weight excluding hydrogens is 270 g/mol. The molecule has 0 aliphatic heterocycles. The largest absolute Gasteiger partial charge is 0.475 e. The standard InChI is InChI=1S/C14H13N5O2/c1-19-7-6-9(18-19)8-15-12-10-4-2-3-5-11(10)16-13(17-12)14(20)21/h2-7H,8H2,1H3,(H,20,21)(H,15,16,17). The van der Waals surface area contributed by atoms with Gasteiger partial charge in [0.15, 0.2) is 0 Å². The van der Waals surface area contributed by atoms with Crippen LogP contribution in [0.2, 0.25) is 0 Å². The molecule has 0 atom stereocenters. The second-order valence-corrected chi connectivity index (χ2v) is 4.55. The number of fused-ring (bicyclic) bond motifs is 1. The first-order valence-corrected chi connectivity index (χ1v) is 6.36. The third-order valence-electron chi connectivity index (χ3n) is 3.00. The zero-order chi connectivity index (χ0) is 14.8. The Morgan fingerprint density at radius 2 is 2.10 bits per heavy atom. The van der Waals surface area contributed by atoms with Gasteiger partial charge in [0.2, 0.25) is 5.82 Å². The summed E-state index contributed by atoms with van der Waals surface area (Å²) in [6.07, 6.45) is 1.85. The maximum absolute atomic E-state index is 11.1. The highest BCUT2D eigenvalue weighted by Gasteiger charge is 2.12. The first-order chi connectivity index (χ1) is 10.1. The number of carbonyl (C=O) groups is 1. The quantitative estimate of drug-likeness (QED) is 0.756. The summed E-state index contributed by atoms with van der Waals surface area (Å²) >= 11 is 0. The highest BCUT2D eigenvalue weighted by Crippen LogP contribution is 2.20. The molecule has 7 heteroatoms. The molecule has 1 aromatic carbocycles. The SMILES string of the molecule is Cn1ccc(CNc2nc(C(=O)O)nc3ccccc23)n1. The van der Waals surface area contributed by atoms with E-state index in [9.17, 15) is 4.79 Å². The Morgan fingerprint density at radius 3 is 2.81 bits per heavy atom. The van der Waals surface area contributed by atoms with Gasteiger partial charge < -0.3 is 10.4 Å². The number of anilines is 1. The van der Waals surface area contributed by atoms with E-state index in [1.165, 1.54) is 0 Å². The number of aromatic nitrogens is 4. The number of nitrogens with one attached hydrogen (secondary N) is 1. The van der Waals surface area contributed by atoms with Crippen molar-refractivity contribution in [2.24, 2.45) is 7.05 Å². The average molecular weight is 283 g/mol.